The standard InChI is InChI=1S/C16H17N5O2S/c1-21-15(12-6-2-3-7-13(12)17)19-20-16(21)24-10-14(22)18-9-11-5-4-8-23-11/h2-8H,9-10,17H2,1H3,(H,18,22). The molecule has 0 spiro atoms. The molecule has 3 N–H and O–H groups in total. The maximum absolute atomic E-state index is 11.9. The predicted octanol–water partition coefficient (Wildman–Crippen LogP) is 2.07. The topological polar surface area (TPSA) is 99.0 Å². The average Bonchev–Trinajstić information content (AvgIpc) is 3.22. The van der Waals surface area contributed by atoms with Crippen LogP contribution in [0.3, 0.4) is 0 Å². The number of carbonyl (C=O) groups is 1. The lowest BCUT2D eigenvalue weighted by Crippen LogP contribution is -2.24. The number of anilines is 1. The highest BCUT2D eigenvalue weighted by Gasteiger charge is 2.14. The Morgan fingerprint density at radius 1 is 1.29 bits per heavy atom. The van der Waals surface area contributed by atoms with Crippen molar-refractivity contribution in [3.05, 3.63) is 48.4 Å². The Morgan fingerprint density at radius 3 is 2.88 bits per heavy atom. The molecule has 0 bridgehead atoms. The Morgan fingerprint density at radius 2 is 2.12 bits per heavy atom. The molecule has 8 heteroatoms. The summed E-state index contributed by atoms with van der Waals surface area (Å²) in [4.78, 5) is 11.9. The highest BCUT2D eigenvalue weighted by molar-refractivity contribution is 7.99. The van der Waals surface area contributed by atoms with Crippen molar-refractivity contribution in [1.82, 2.24) is 20.1 Å². The third-order valence-electron chi connectivity index (χ3n) is 3.41. The van der Waals surface area contributed by atoms with E-state index in [1.165, 1.54) is 11.8 Å². The number of amides is 1. The first-order valence-corrected chi connectivity index (χ1v) is 8.30. The van der Waals surface area contributed by atoms with Crippen LogP contribution in [0.4, 0.5) is 5.69 Å². The van der Waals surface area contributed by atoms with Crippen LogP contribution in [0.2, 0.25) is 0 Å². The van der Waals surface area contributed by atoms with Crippen molar-refractivity contribution in [3.8, 4) is 11.4 Å². The number of nitrogens with one attached hydrogen (secondary N) is 1. The monoisotopic (exact) mass is 343 g/mol. The first-order valence-electron chi connectivity index (χ1n) is 7.31. The van der Waals surface area contributed by atoms with E-state index in [0.717, 1.165) is 5.56 Å². The van der Waals surface area contributed by atoms with Gasteiger partial charge in [-0.15, -0.1) is 10.2 Å². The van der Waals surface area contributed by atoms with E-state index in [4.69, 9.17) is 10.2 Å². The number of rotatable bonds is 6. The number of furan rings is 1. The van der Waals surface area contributed by atoms with Crippen LogP contribution in [0.5, 0.6) is 0 Å². The molecule has 0 aliphatic carbocycles. The average molecular weight is 343 g/mol. The van der Waals surface area contributed by atoms with Gasteiger partial charge in [0.15, 0.2) is 11.0 Å². The number of carbonyl (C=O) groups excluding carboxylic acids is 1. The quantitative estimate of drug-likeness (QED) is 0.525. The number of thioether (sulfide) groups is 1. The van der Waals surface area contributed by atoms with Gasteiger partial charge >= 0.3 is 0 Å². The van der Waals surface area contributed by atoms with Crippen LogP contribution >= 0.6 is 11.8 Å². The second-order valence-corrected chi connectivity index (χ2v) is 6.04. The molecule has 0 unspecified atom stereocenters. The number of hydrogen-bond acceptors (Lipinski definition) is 6. The van der Waals surface area contributed by atoms with Crippen molar-refractivity contribution < 1.29 is 9.21 Å². The summed E-state index contributed by atoms with van der Waals surface area (Å²) in [5.41, 5.74) is 7.44. The number of para-hydroxylation sites is 1. The smallest absolute Gasteiger partial charge is 0.230 e. The summed E-state index contributed by atoms with van der Waals surface area (Å²) >= 11 is 1.32. The fraction of sp³-hybridized carbons (Fsp3) is 0.188. The summed E-state index contributed by atoms with van der Waals surface area (Å²) in [7, 11) is 1.85. The largest absolute Gasteiger partial charge is 0.467 e. The second-order valence-electron chi connectivity index (χ2n) is 5.10. The molecule has 0 radical (unpaired) electrons. The first kappa shape index (κ1) is 16.1. The van der Waals surface area contributed by atoms with Crippen molar-refractivity contribution in [2.75, 3.05) is 11.5 Å². The van der Waals surface area contributed by atoms with Crippen molar-refractivity contribution in [2.45, 2.75) is 11.7 Å². The molecule has 3 rings (SSSR count). The molecule has 0 saturated heterocycles. The van der Waals surface area contributed by atoms with Gasteiger partial charge in [-0.05, 0) is 24.3 Å². The molecule has 1 aromatic carbocycles. The third kappa shape index (κ3) is 3.60. The Bertz CT molecular complexity index is 829. The maximum Gasteiger partial charge on any atom is 0.230 e. The minimum absolute atomic E-state index is 0.0971. The second kappa shape index (κ2) is 7.22. The minimum atomic E-state index is -0.0971. The van der Waals surface area contributed by atoms with Gasteiger partial charge in [-0.1, -0.05) is 23.9 Å². The molecule has 24 heavy (non-hydrogen) atoms. The van der Waals surface area contributed by atoms with E-state index in [-0.39, 0.29) is 11.7 Å². The van der Waals surface area contributed by atoms with Crippen molar-refractivity contribution in [3.63, 3.8) is 0 Å². The van der Waals surface area contributed by atoms with E-state index in [1.54, 1.807) is 12.3 Å². The molecular formula is C16H17N5O2S. The number of nitrogens with two attached hydrogens (primary N) is 1. The van der Waals surface area contributed by atoms with Gasteiger partial charge in [0.2, 0.25) is 5.91 Å². The van der Waals surface area contributed by atoms with E-state index in [1.807, 2.05) is 41.9 Å². The van der Waals surface area contributed by atoms with Crippen molar-refractivity contribution >= 4 is 23.4 Å². The van der Waals surface area contributed by atoms with Gasteiger partial charge < -0.3 is 20.0 Å². The van der Waals surface area contributed by atoms with Gasteiger partial charge in [0.05, 0.1) is 18.6 Å². The molecule has 124 valence electrons. The molecule has 0 saturated carbocycles. The Kier molecular flexibility index (Phi) is 4.85. The summed E-state index contributed by atoms with van der Waals surface area (Å²) < 4.78 is 7.00. The first-order chi connectivity index (χ1) is 11.6. The van der Waals surface area contributed by atoms with Crippen LogP contribution in [-0.4, -0.2) is 26.4 Å². The van der Waals surface area contributed by atoms with Crippen molar-refractivity contribution in [2.24, 2.45) is 7.05 Å². The molecule has 3 aromatic rings. The molecular weight excluding hydrogens is 326 g/mol. The van der Waals surface area contributed by atoms with E-state index in [0.29, 0.717) is 29.0 Å². The van der Waals surface area contributed by atoms with Crippen molar-refractivity contribution in [1.29, 1.82) is 0 Å². The fourth-order valence-corrected chi connectivity index (χ4v) is 2.90. The highest BCUT2D eigenvalue weighted by Crippen LogP contribution is 2.26. The number of benzene rings is 1. The number of nitrogens with zero attached hydrogens (tertiary/aromatic N) is 3. The number of hydrogen-bond donors (Lipinski definition) is 2. The molecule has 0 atom stereocenters. The van der Waals surface area contributed by atoms with E-state index >= 15 is 0 Å². The summed E-state index contributed by atoms with van der Waals surface area (Å²) in [6.07, 6.45) is 1.58. The van der Waals surface area contributed by atoms with E-state index in [9.17, 15) is 4.79 Å². The van der Waals surface area contributed by atoms with E-state index in [2.05, 4.69) is 15.5 Å². The third-order valence-corrected chi connectivity index (χ3v) is 4.43. The van der Waals surface area contributed by atoms with Gasteiger partial charge in [-0.3, -0.25) is 4.79 Å². The highest BCUT2D eigenvalue weighted by atomic mass is 32.2. The van der Waals surface area contributed by atoms with Gasteiger partial charge in [-0.2, -0.15) is 0 Å². The molecule has 7 nitrogen and oxygen atoms in total. The summed E-state index contributed by atoms with van der Waals surface area (Å²) in [6, 6.07) is 11.1. The number of nitrogen functional groups attached to an aromatic ring is 1. The van der Waals surface area contributed by atoms with Gasteiger partial charge in [0.1, 0.15) is 5.76 Å². The Hall–Kier alpha value is -2.74. The minimum Gasteiger partial charge on any atom is -0.467 e. The number of aromatic nitrogens is 3. The Labute approximate surface area is 143 Å². The maximum atomic E-state index is 11.9. The molecule has 1 amide bonds. The van der Waals surface area contributed by atoms with Crippen LogP contribution < -0.4 is 11.1 Å². The SMILES string of the molecule is Cn1c(SCC(=O)NCc2ccco2)nnc1-c1ccccc1N. The van der Waals surface area contributed by atoms with Gasteiger partial charge in [-0.25, -0.2) is 0 Å². The van der Waals surface area contributed by atoms with E-state index < -0.39 is 0 Å². The molecule has 0 aliphatic heterocycles. The lowest BCUT2D eigenvalue weighted by Gasteiger charge is -2.06. The normalized spacial score (nSPS) is 10.7. The van der Waals surface area contributed by atoms with Crippen LogP contribution in [-0.2, 0) is 18.4 Å². The zero-order valence-corrected chi connectivity index (χ0v) is 13.9. The summed E-state index contributed by atoms with van der Waals surface area (Å²) in [6.45, 7) is 0.372. The lowest BCUT2D eigenvalue weighted by atomic mass is 10.2. The van der Waals surface area contributed by atoms with Crippen LogP contribution in [0.25, 0.3) is 11.4 Å². The van der Waals surface area contributed by atoms with Gasteiger partial charge in [0, 0.05) is 18.3 Å². The molecule has 0 fully saturated rings. The van der Waals surface area contributed by atoms with Crippen LogP contribution in [0.15, 0.2) is 52.2 Å². The molecule has 0 aliphatic rings. The van der Waals surface area contributed by atoms with Gasteiger partial charge in [0.25, 0.3) is 0 Å². The molecule has 2 heterocycles. The fourth-order valence-electron chi connectivity index (χ4n) is 2.16. The van der Waals surface area contributed by atoms with Crippen LogP contribution in [0, 0.1) is 0 Å². The summed E-state index contributed by atoms with van der Waals surface area (Å²) in [5, 5.41) is 11.8. The van der Waals surface area contributed by atoms with Crippen LogP contribution in [0.1, 0.15) is 5.76 Å². The zero-order chi connectivity index (χ0) is 16.9. The molecule has 2 aromatic heterocycles. The zero-order valence-electron chi connectivity index (χ0n) is 13.1. The lowest BCUT2D eigenvalue weighted by molar-refractivity contribution is -0.118. The Balaban J connectivity index is 1.60. The predicted molar refractivity (Wildman–Crippen MR) is 92.1 cm³/mol. The summed E-state index contributed by atoms with van der Waals surface area (Å²) in [5.74, 6) is 1.54.